The van der Waals surface area contributed by atoms with Gasteiger partial charge >= 0.3 is 0 Å². The van der Waals surface area contributed by atoms with E-state index in [-0.39, 0.29) is 6.04 Å². The van der Waals surface area contributed by atoms with Crippen molar-refractivity contribution >= 4 is 5.96 Å². The molecular weight excluding hydrogens is 260 g/mol. The van der Waals surface area contributed by atoms with Crippen molar-refractivity contribution in [2.75, 3.05) is 53.2 Å². The maximum atomic E-state index is 5.58. The fourth-order valence-electron chi connectivity index (χ4n) is 1.66. The number of aliphatic imine (C=N–C) groups is 1. The van der Waals surface area contributed by atoms with Crippen LogP contribution in [0.15, 0.2) is 4.99 Å². The lowest BCUT2D eigenvalue weighted by Crippen LogP contribution is -2.48. The van der Waals surface area contributed by atoms with Crippen LogP contribution >= 0.6 is 0 Å². The number of nitrogens with zero attached hydrogens (tertiary/aromatic N) is 2. The van der Waals surface area contributed by atoms with Crippen molar-refractivity contribution < 1.29 is 14.2 Å². The van der Waals surface area contributed by atoms with E-state index in [9.17, 15) is 0 Å². The van der Waals surface area contributed by atoms with Crippen molar-refractivity contribution in [3.8, 4) is 0 Å². The summed E-state index contributed by atoms with van der Waals surface area (Å²) in [4.78, 5) is 6.54. The van der Waals surface area contributed by atoms with Crippen LogP contribution in [0.2, 0.25) is 0 Å². The van der Waals surface area contributed by atoms with E-state index >= 15 is 0 Å². The molecule has 7 nitrogen and oxygen atoms in total. The van der Waals surface area contributed by atoms with Crippen molar-refractivity contribution in [1.29, 1.82) is 0 Å². The molecule has 0 aromatic rings. The van der Waals surface area contributed by atoms with Gasteiger partial charge in [-0.25, -0.2) is 10.8 Å². The van der Waals surface area contributed by atoms with Gasteiger partial charge in [0, 0.05) is 33.4 Å². The second-order valence-electron chi connectivity index (χ2n) is 4.28. The van der Waals surface area contributed by atoms with Gasteiger partial charge in [0.2, 0.25) is 5.96 Å². The average molecular weight is 290 g/mol. The van der Waals surface area contributed by atoms with E-state index < -0.39 is 0 Å². The van der Waals surface area contributed by atoms with Gasteiger partial charge in [-0.1, -0.05) is 0 Å². The number of guanidine groups is 1. The monoisotopic (exact) mass is 290 g/mol. The second kappa shape index (κ2) is 13.1. The molecule has 0 aliphatic carbocycles. The Morgan fingerprint density at radius 1 is 1.20 bits per heavy atom. The zero-order valence-electron chi connectivity index (χ0n) is 13.2. The highest BCUT2D eigenvalue weighted by molar-refractivity contribution is 5.79. The van der Waals surface area contributed by atoms with Crippen LogP contribution in [0.25, 0.3) is 0 Å². The van der Waals surface area contributed by atoms with E-state index in [1.807, 2.05) is 25.7 Å². The fourth-order valence-corrected chi connectivity index (χ4v) is 1.66. The third-order valence-electron chi connectivity index (χ3n) is 2.60. The zero-order chi connectivity index (χ0) is 15.2. The molecule has 7 heteroatoms. The molecule has 0 fully saturated rings. The lowest BCUT2D eigenvalue weighted by atomic mass is 10.4. The molecule has 0 saturated carbocycles. The summed E-state index contributed by atoms with van der Waals surface area (Å²) in [7, 11) is 1.66. The molecule has 0 aromatic heterocycles. The Hall–Kier alpha value is -0.890. The Labute approximate surface area is 122 Å². The van der Waals surface area contributed by atoms with Gasteiger partial charge in [-0.05, 0) is 20.8 Å². The quantitative estimate of drug-likeness (QED) is 0.186. The molecule has 0 heterocycles. The number of hydrogen-bond acceptors (Lipinski definition) is 5. The number of hydrogen-bond donors (Lipinski definition) is 2. The standard InChI is InChI=1S/C13H30N4O3/c1-5-19-9-7-17(8-10-20-6-2)13(16-14)15-12(3)11-18-4/h12H,5-11,14H2,1-4H3,(H,15,16). The first-order chi connectivity index (χ1) is 9.69. The van der Waals surface area contributed by atoms with Crippen LogP contribution in [0.1, 0.15) is 20.8 Å². The number of methoxy groups -OCH3 is 1. The van der Waals surface area contributed by atoms with Gasteiger partial charge in [-0.2, -0.15) is 0 Å². The van der Waals surface area contributed by atoms with E-state index in [0.29, 0.717) is 52.1 Å². The molecular formula is C13H30N4O3. The number of nitrogens with one attached hydrogen (secondary N) is 1. The highest BCUT2D eigenvalue weighted by Crippen LogP contribution is 1.97. The van der Waals surface area contributed by atoms with Crippen molar-refractivity contribution in [2.24, 2.45) is 10.8 Å². The first-order valence-electron chi connectivity index (χ1n) is 7.13. The number of hydrazine groups is 1. The molecule has 1 atom stereocenters. The summed E-state index contributed by atoms with van der Waals surface area (Å²) in [5.41, 5.74) is 2.65. The summed E-state index contributed by atoms with van der Waals surface area (Å²) in [5, 5.41) is 0. The molecule has 0 aliphatic heterocycles. The van der Waals surface area contributed by atoms with Crippen LogP contribution in [0.4, 0.5) is 0 Å². The van der Waals surface area contributed by atoms with Gasteiger partial charge in [-0.15, -0.1) is 0 Å². The Bertz CT molecular complexity index is 242. The highest BCUT2D eigenvalue weighted by Gasteiger charge is 2.12. The van der Waals surface area contributed by atoms with E-state index in [0.717, 1.165) is 0 Å². The number of rotatable bonds is 11. The molecule has 0 spiro atoms. The molecule has 0 rings (SSSR count). The predicted octanol–water partition coefficient (Wildman–Crippen LogP) is 0.216. The normalized spacial score (nSPS) is 13.3. The maximum absolute atomic E-state index is 5.58. The lowest BCUT2D eigenvalue weighted by molar-refractivity contribution is 0.105. The van der Waals surface area contributed by atoms with E-state index in [1.54, 1.807) is 7.11 Å². The molecule has 0 saturated heterocycles. The van der Waals surface area contributed by atoms with Crippen molar-refractivity contribution in [3.63, 3.8) is 0 Å². The van der Waals surface area contributed by atoms with Gasteiger partial charge in [0.15, 0.2) is 0 Å². The molecule has 20 heavy (non-hydrogen) atoms. The molecule has 0 amide bonds. The third kappa shape index (κ3) is 9.08. The van der Waals surface area contributed by atoms with E-state index in [1.165, 1.54) is 0 Å². The van der Waals surface area contributed by atoms with Gasteiger partial charge < -0.3 is 19.1 Å². The molecule has 3 N–H and O–H groups in total. The van der Waals surface area contributed by atoms with Gasteiger partial charge in [-0.3, -0.25) is 5.43 Å². The Kier molecular flexibility index (Phi) is 12.5. The van der Waals surface area contributed by atoms with Crippen molar-refractivity contribution in [1.82, 2.24) is 10.3 Å². The predicted molar refractivity (Wildman–Crippen MR) is 80.7 cm³/mol. The second-order valence-corrected chi connectivity index (χ2v) is 4.28. The Morgan fingerprint density at radius 3 is 2.15 bits per heavy atom. The smallest absolute Gasteiger partial charge is 0.208 e. The van der Waals surface area contributed by atoms with Crippen molar-refractivity contribution in [3.05, 3.63) is 0 Å². The van der Waals surface area contributed by atoms with Crippen LogP contribution in [-0.4, -0.2) is 70.1 Å². The molecule has 1 unspecified atom stereocenters. The fraction of sp³-hybridized carbons (Fsp3) is 0.923. The first-order valence-corrected chi connectivity index (χ1v) is 7.13. The average Bonchev–Trinajstić information content (AvgIpc) is 2.44. The highest BCUT2D eigenvalue weighted by atomic mass is 16.5. The lowest BCUT2D eigenvalue weighted by Gasteiger charge is -2.26. The summed E-state index contributed by atoms with van der Waals surface area (Å²) in [6.45, 7) is 10.5. The third-order valence-corrected chi connectivity index (χ3v) is 2.60. The Morgan fingerprint density at radius 2 is 1.75 bits per heavy atom. The summed E-state index contributed by atoms with van der Waals surface area (Å²) < 4.78 is 15.9. The maximum Gasteiger partial charge on any atom is 0.208 e. The number of ether oxygens (including phenoxy) is 3. The Balaban J connectivity index is 4.56. The SMILES string of the molecule is CCOCCN(CCOCC)C(=NC(C)COC)NN. The van der Waals surface area contributed by atoms with Crippen LogP contribution in [0.3, 0.4) is 0 Å². The van der Waals surface area contributed by atoms with Crippen LogP contribution in [0.5, 0.6) is 0 Å². The molecule has 0 radical (unpaired) electrons. The largest absolute Gasteiger partial charge is 0.382 e. The van der Waals surface area contributed by atoms with Crippen LogP contribution < -0.4 is 11.3 Å². The van der Waals surface area contributed by atoms with E-state index in [2.05, 4.69) is 10.4 Å². The van der Waals surface area contributed by atoms with Gasteiger partial charge in [0.1, 0.15) is 0 Å². The molecule has 0 bridgehead atoms. The summed E-state index contributed by atoms with van der Waals surface area (Å²) >= 11 is 0. The topological polar surface area (TPSA) is 81.3 Å². The molecule has 0 aliphatic rings. The van der Waals surface area contributed by atoms with Crippen molar-refractivity contribution in [2.45, 2.75) is 26.8 Å². The summed E-state index contributed by atoms with van der Waals surface area (Å²) in [6.07, 6.45) is 0. The minimum Gasteiger partial charge on any atom is -0.382 e. The van der Waals surface area contributed by atoms with Crippen LogP contribution in [-0.2, 0) is 14.2 Å². The molecule has 120 valence electrons. The molecule has 0 aromatic carbocycles. The first kappa shape index (κ1) is 19.1. The van der Waals surface area contributed by atoms with Gasteiger partial charge in [0.05, 0.1) is 25.9 Å². The zero-order valence-corrected chi connectivity index (χ0v) is 13.2. The summed E-state index contributed by atoms with van der Waals surface area (Å²) in [6, 6.07) is 0.0349. The van der Waals surface area contributed by atoms with Gasteiger partial charge in [0.25, 0.3) is 0 Å². The summed E-state index contributed by atoms with van der Waals surface area (Å²) in [5.74, 6) is 6.21. The number of nitrogens with two attached hydrogens (primary N) is 1. The van der Waals surface area contributed by atoms with E-state index in [4.69, 9.17) is 20.1 Å². The van der Waals surface area contributed by atoms with Crippen LogP contribution in [0, 0.1) is 0 Å². The minimum atomic E-state index is 0.0349. The minimum absolute atomic E-state index is 0.0349.